The maximum absolute atomic E-state index is 12.3. The molecule has 0 heterocycles. The number of likely N-dealkylation sites (N-methyl/N-ethyl adjacent to an activating group) is 1. The third-order valence-electron chi connectivity index (χ3n) is 3.73. The SMILES string of the molecule is CCc1ccc(S(=O)(=O)NCCN(C)C(C)C)cc1CN. The Kier molecular flexibility index (Phi) is 6.80. The van der Waals surface area contributed by atoms with Gasteiger partial charge in [0.1, 0.15) is 0 Å². The summed E-state index contributed by atoms with van der Waals surface area (Å²) in [5, 5.41) is 0. The van der Waals surface area contributed by atoms with Crippen LogP contribution in [0.4, 0.5) is 0 Å². The Bertz CT molecular complexity index is 556. The van der Waals surface area contributed by atoms with Gasteiger partial charge >= 0.3 is 0 Å². The van der Waals surface area contributed by atoms with Crippen LogP contribution >= 0.6 is 0 Å². The van der Waals surface area contributed by atoms with Gasteiger partial charge in [0.2, 0.25) is 10.0 Å². The Morgan fingerprint density at radius 1 is 1.29 bits per heavy atom. The first-order chi connectivity index (χ1) is 9.81. The molecule has 0 aromatic heterocycles. The Hall–Kier alpha value is -0.950. The Morgan fingerprint density at radius 2 is 1.95 bits per heavy atom. The number of hydrogen-bond acceptors (Lipinski definition) is 4. The van der Waals surface area contributed by atoms with Crippen LogP contribution in [0, 0.1) is 0 Å². The summed E-state index contributed by atoms with van der Waals surface area (Å²) in [6.45, 7) is 7.60. The Morgan fingerprint density at radius 3 is 2.48 bits per heavy atom. The van der Waals surface area contributed by atoms with Crippen molar-refractivity contribution in [3.05, 3.63) is 29.3 Å². The molecule has 120 valence electrons. The molecule has 0 amide bonds. The smallest absolute Gasteiger partial charge is 0.240 e. The molecule has 0 aliphatic rings. The summed E-state index contributed by atoms with van der Waals surface area (Å²) in [6.07, 6.45) is 0.847. The zero-order valence-electron chi connectivity index (χ0n) is 13.4. The van der Waals surface area contributed by atoms with Crippen molar-refractivity contribution >= 4 is 10.0 Å². The minimum Gasteiger partial charge on any atom is -0.326 e. The molecule has 3 N–H and O–H groups in total. The van der Waals surface area contributed by atoms with Crippen molar-refractivity contribution in [1.82, 2.24) is 9.62 Å². The van der Waals surface area contributed by atoms with Gasteiger partial charge in [-0.05, 0) is 50.6 Å². The van der Waals surface area contributed by atoms with Gasteiger partial charge < -0.3 is 10.6 Å². The average molecular weight is 313 g/mol. The molecule has 0 unspecified atom stereocenters. The number of nitrogens with two attached hydrogens (primary N) is 1. The van der Waals surface area contributed by atoms with Crippen LogP contribution in [0.5, 0.6) is 0 Å². The van der Waals surface area contributed by atoms with Crippen molar-refractivity contribution in [2.75, 3.05) is 20.1 Å². The number of aryl methyl sites for hydroxylation is 1. The van der Waals surface area contributed by atoms with Crippen LogP contribution in [-0.4, -0.2) is 39.5 Å². The van der Waals surface area contributed by atoms with Gasteiger partial charge in [0, 0.05) is 25.7 Å². The summed E-state index contributed by atoms with van der Waals surface area (Å²) < 4.78 is 27.2. The molecule has 0 fully saturated rings. The van der Waals surface area contributed by atoms with E-state index >= 15 is 0 Å². The quantitative estimate of drug-likeness (QED) is 0.759. The predicted molar refractivity (Wildman–Crippen MR) is 86.7 cm³/mol. The van der Waals surface area contributed by atoms with E-state index < -0.39 is 10.0 Å². The minimum absolute atomic E-state index is 0.285. The van der Waals surface area contributed by atoms with E-state index in [0.29, 0.717) is 25.7 Å². The van der Waals surface area contributed by atoms with Crippen molar-refractivity contribution < 1.29 is 8.42 Å². The number of rotatable bonds is 8. The molecule has 0 saturated heterocycles. The molecule has 1 rings (SSSR count). The van der Waals surface area contributed by atoms with E-state index in [9.17, 15) is 8.42 Å². The molecule has 0 aliphatic heterocycles. The van der Waals surface area contributed by atoms with E-state index in [4.69, 9.17) is 5.73 Å². The zero-order chi connectivity index (χ0) is 16.0. The fourth-order valence-corrected chi connectivity index (χ4v) is 3.07. The average Bonchev–Trinajstić information content (AvgIpc) is 2.45. The molecule has 0 spiro atoms. The normalized spacial score (nSPS) is 12.3. The van der Waals surface area contributed by atoms with Crippen LogP contribution in [0.3, 0.4) is 0 Å². The fourth-order valence-electron chi connectivity index (χ4n) is 2.00. The van der Waals surface area contributed by atoms with Crippen molar-refractivity contribution in [3.8, 4) is 0 Å². The molecule has 0 aliphatic carbocycles. The lowest BCUT2D eigenvalue weighted by molar-refractivity contribution is 0.278. The fraction of sp³-hybridized carbons (Fsp3) is 0.600. The van der Waals surface area contributed by atoms with Crippen LogP contribution in [0.15, 0.2) is 23.1 Å². The lowest BCUT2D eigenvalue weighted by Gasteiger charge is -2.21. The van der Waals surface area contributed by atoms with E-state index in [1.165, 1.54) is 0 Å². The summed E-state index contributed by atoms with van der Waals surface area (Å²) in [5.41, 5.74) is 7.67. The van der Waals surface area contributed by atoms with Gasteiger partial charge in [-0.15, -0.1) is 0 Å². The Balaban J connectivity index is 2.79. The van der Waals surface area contributed by atoms with Crippen LogP contribution in [0.1, 0.15) is 31.9 Å². The summed E-state index contributed by atoms with van der Waals surface area (Å²) in [5.74, 6) is 0. The topological polar surface area (TPSA) is 75.4 Å². The van der Waals surface area contributed by atoms with Crippen LogP contribution in [0.25, 0.3) is 0 Å². The minimum atomic E-state index is -3.47. The number of hydrogen-bond donors (Lipinski definition) is 2. The second-order valence-electron chi connectivity index (χ2n) is 5.46. The van der Waals surface area contributed by atoms with Gasteiger partial charge in [0.15, 0.2) is 0 Å². The van der Waals surface area contributed by atoms with E-state index in [2.05, 4.69) is 23.5 Å². The van der Waals surface area contributed by atoms with Gasteiger partial charge in [-0.25, -0.2) is 13.1 Å². The molecule has 0 radical (unpaired) electrons. The van der Waals surface area contributed by atoms with Gasteiger partial charge in [-0.3, -0.25) is 0 Å². The second kappa shape index (κ2) is 7.89. The first-order valence-corrected chi connectivity index (χ1v) is 8.82. The predicted octanol–water partition coefficient (Wildman–Crippen LogP) is 1.33. The monoisotopic (exact) mass is 313 g/mol. The molecule has 1 aromatic rings. The van der Waals surface area contributed by atoms with Crippen LogP contribution < -0.4 is 10.5 Å². The first-order valence-electron chi connectivity index (χ1n) is 7.33. The molecule has 0 bridgehead atoms. The molecule has 0 saturated carbocycles. The highest BCUT2D eigenvalue weighted by molar-refractivity contribution is 7.89. The first kappa shape index (κ1) is 18.1. The largest absolute Gasteiger partial charge is 0.326 e. The van der Waals surface area contributed by atoms with Crippen molar-refractivity contribution in [1.29, 1.82) is 0 Å². The molecule has 1 aromatic carbocycles. The zero-order valence-corrected chi connectivity index (χ0v) is 14.2. The van der Waals surface area contributed by atoms with Crippen molar-refractivity contribution in [2.45, 2.75) is 44.7 Å². The summed E-state index contributed by atoms with van der Waals surface area (Å²) in [7, 11) is -1.50. The lowest BCUT2D eigenvalue weighted by atomic mass is 10.1. The molecule has 0 atom stereocenters. The van der Waals surface area contributed by atoms with Gasteiger partial charge in [0.25, 0.3) is 0 Å². The molecular formula is C15H27N3O2S. The maximum Gasteiger partial charge on any atom is 0.240 e. The number of nitrogens with one attached hydrogen (secondary N) is 1. The van der Waals surface area contributed by atoms with Crippen molar-refractivity contribution in [3.63, 3.8) is 0 Å². The van der Waals surface area contributed by atoms with E-state index in [0.717, 1.165) is 17.5 Å². The maximum atomic E-state index is 12.3. The second-order valence-corrected chi connectivity index (χ2v) is 7.23. The molecular weight excluding hydrogens is 286 g/mol. The molecule has 6 heteroatoms. The molecule has 5 nitrogen and oxygen atoms in total. The standard InChI is InChI=1S/C15H27N3O2S/c1-5-13-6-7-15(10-14(13)11-16)21(19,20)17-8-9-18(4)12(2)3/h6-7,10,12,17H,5,8-9,11,16H2,1-4H3. The summed E-state index contributed by atoms with van der Waals surface area (Å²) in [6, 6.07) is 5.55. The van der Waals surface area contributed by atoms with Crippen LogP contribution in [0.2, 0.25) is 0 Å². The van der Waals surface area contributed by atoms with E-state index in [1.807, 2.05) is 20.0 Å². The number of benzene rings is 1. The van der Waals surface area contributed by atoms with Gasteiger partial charge in [-0.2, -0.15) is 0 Å². The number of sulfonamides is 1. The molecule has 21 heavy (non-hydrogen) atoms. The summed E-state index contributed by atoms with van der Waals surface area (Å²) in [4.78, 5) is 2.38. The lowest BCUT2D eigenvalue weighted by Crippen LogP contribution is -2.36. The third kappa shape index (κ3) is 5.07. The van der Waals surface area contributed by atoms with Gasteiger partial charge in [-0.1, -0.05) is 13.0 Å². The Labute approximate surface area is 128 Å². The van der Waals surface area contributed by atoms with Gasteiger partial charge in [0.05, 0.1) is 4.90 Å². The van der Waals surface area contributed by atoms with Crippen molar-refractivity contribution in [2.24, 2.45) is 5.73 Å². The third-order valence-corrected chi connectivity index (χ3v) is 5.19. The van der Waals surface area contributed by atoms with E-state index in [1.54, 1.807) is 12.1 Å². The number of nitrogens with zero attached hydrogens (tertiary/aromatic N) is 1. The summed E-state index contributed by atoms with van der Waals surface area (Å²) >= 11 is 0. The van der Waals surface area contributed by atoms with Crippen LogP contribution in [-0.2, 0) is 23.0 Å². The highest BCUT2D eigenvalue weighted by atomic mass is 32.2. The highest BCUT2D eigenvalue weighted by Gasteiger charge is 2.15. The highest BCUT2D eigenvalue weighted by Crippen LogP contribution is 2.16. The van der Waals surface area contributed by atoms with E-state index in [-0.39, 0.29) is 4.90 Å².